The highest BCUT2D eigenvalue weighted by Gasteiger charge is 2.53. The molecule has 1 amide bonds. The second kappa shape index (κ2) is 4.92. The topological polar surface area (TPSA) is 88.1 Å². The Hall–Kier alpha value is -1.44. The van der Waals surface area contributed by atoms with Crippen LogP contribution in [0, 0.1) is 11.8 Å². The van der Waals surface area contributed by atoms with Crippen LogP contribution in [-0.4, -0.2) is 60.5 Å². The van der Waals surface area contributed by atoms with Gasteiger partial charge in [0, 0.05) is 13.1 Å². The number of carbonyl (C=O) groups is 2. The summed E-state index contributed by atoms with van der Waals surface area (Å²) in [5.41, 5.74) is 2.77. The van der Waals surface area contributed by atoms with Gasteiger partial charge in [0.2, 0.25) is 5.91 Å². The highest BCUT2D eigenvalue weighted by atomic mass is 16.5. The number of carboxylic acid groups (broad SMARTS) is 1. The number of nitrogens with one attached hydrogen (secondary N) is 1. The lowest BCUT2D eigenvalue weighted by molar-refractivity contribution is -0.148. The summed E-state index contributed by atoms with van der Waals surface area (Å²) in [6.07, 6.45) is 2.59. The third-order valence-electron chi connectivity index (χ3n) is 3.77. The van der Waals surface area contributed by atoms with Crippen LogP contribution in [0.15, 0.2) is 12.2 Å². The minimum atomic E-state index is -0.987. The Morgan fingerprint density at radius 1 is 1.16 bits per heavy atom. The van der Waals surface area contributed by atoms with Gasteiger partial charge in [-0.15, -0.1) is 0 Å². The van der Waals surface area contributed by atoms with E-state index >= 15 is 0 Å². The standard InChI is InChI=1S/C12H16N2O5/c15-11(13-14-3-5-18-6-4-14)9-7-1-2-8(19-7)10(9)12(16)17/h1-2,7-10H,3-6H2,(H,13,15)(H,16,17)/t7-,8-,9+,10-/m0/s1. The van der Waals surface area contributed by atoms with E-state index in [1.807, 2.05) is 0 Å². The summed E-state index contributed by atoms with van der Waals surface area (Å²) in [6, 6.07) is 0. The van der Waals surface area contributed by atoms with Gasteiger partial charge in [-0.25, -0.2) is 5.01 Å². The molecule has 104 valence electrons. The van der Waals surface area contributed by atoms with Crippen LogP contribution < -0.4 is 5.43 Å². The summed E-state index contributed by atoms with van der Waals surface area (Å²) in [6.45, 7) is 2.35. The number of ether oxygens (including phenoxy) is 2. The van der Waals surface area contributed by atoms with Crippen LogP contribution in [0.3, 0.4) is 0 Å². The first-order valence-corrected chi connectivity index (χ1v) is 6.36. The molecule has 0 spiro atoms. The predicted octanol–water partition coefficient (Wildman–Crippen LogP) is -0.996. The molecule has 19 heavy (non-hydrogen) atoms. The van der Waals surface area contributed by atoms with Crippen molar-refractivity contribution in [3.05, 3.63) is 12.2 Å². The monoisotopic (exact) mass is 268 g/mol. The number of nitrogens with zero attached hydrogens (tertiary/aromatic N) is 1. The average Bonchev–Trinajstić information content (AvgIpc) is 2.99. The van der Waals surface area contributed by atoms with Crippen molar-refractivity contribution in [2.24, 2.45) is 11.8 Å². The zero-order chi connectivity index (χ0) is 13.4. The maximum absolute atomic E-state index is 12.2. The first-order chi connectivity index (χ1) is 9.16. The first kappa shape index (κ1) is 12.6. The summed E-state index contributed by atoms with van der Waals surface area (Å²) < 4.78 is 10.7. The maximum Gasteiger partial charge on any atom is 0.310 e. The SMILES string of the molecule is O=C(O)[C@@H]1[C@H](C(=O)NN2CCOCC2)[C@@H]2C=C[C@@H]1O2. The summed E-state index contributed by atoms with van der Waals surface area (Å²) in [4.78, 5) is 23.5. The van der Waals surface area contributed by atoms with Gasteiger partial charge < -0.3 is 14.6 Å². The van der Waals surface area contributed by atoms with Crippen molar-refractivity contribution in [3.8, 4) is 0 Å². The van der Waals surface area contributed by atoms with Crippen molar-refractivity contribution < 1.29 is 24.2 Å². The molecule has 2 fully saturated rings. The number of carbonyl (C=O) groups excluding carboxylic acids is 1. The molecular formula is C12H16N2O5. The normalized spacial score (nSPS) is 37.5. The van der Waals surface area contributed by atoms with E-state index in [0.717, 1.165) is 0 Å². The smallest absolute Gasteiger partial charge is 0.310 e. The lowest BCUT2D eigenvalue weighted by atomic mass is 9.82. The molecule has 2 N–H and O–H groups in total. The fraction of sp³-hybridized carbons (Fsp3) is 0.667. The molecule has 0 aromatic carbocycles. The highest BCUT2D eigenvalue weighted by Crippen LogP contribution is 2.39. The molecule has 7 heteroatoms. The molecular weight excluding hydrogens is 252 g/mol. The predicted molar refractivity (Wildman–Crippen MR) is 63.0 cm³/mol. The number of fused-ring (bicyclic) bond motifs is 2. The Labute approximate surface area is 110 Å². The third-order valence-corrected chi connectivity index (χ3v) is 3.77. The Morgan fingerprint density at radius 3 is 2.42 bits per heavy atom. The van der Waals surface area contributed by atoms with Gasteiger partial charge in [0.05, 0.1) is 31.3 Å². The Kier molecular flexibility index (Phi) is 3.26. The van der Waals surface area contributed by atoms with Gasteiger partial charge in [0.1, 0.15) is 5.92 Å². The van der Waals surface area contributed by atoms with Crippen LogP contribution in [-0.2, 0) is 19.1 Å². The van der Waals surface area contributed by atoms with Crippen LogP contribution in [0.1, 0.15) is 0 Å². The number of morpholine rings is 1. The van der Waals surface area contributed by atoms with Gasteiger partial charge in [-0.2, -0.15) is 0 Å². The van der Waals surface area contributed by atoms with Crippen molar-refractivity contribution in [1.29, 1.82) is 0 Å². The summed E-state index contributed by atoms with van der Waals surface area (Å²) in [5, 5.41) is 11.0. The molecule has 0 aromatic heterocycles. The second-order valence-electron chi connectivity index (χ2n) is 4.92. The van der Waals surface area contributed by atoms with Gasteiger partial charge >= 0.3 is 5.97 Å². The van der Waals surface area contributed by atoms with Crippen LogP contribution >= 0.6 is 0 Å². The molecule has 0 aliphatic carbocycles. The number of hydrazine groups is 1. The van der Waals surface area contributed by atoms with Gasteiger partial charge in [0.15, 0.2) is 0 Å². The molecule has 4 atom stereocenters. The van der Waals surface area contributed by atoms with Crippen LogP contribution in [0.5, 0.6) is 0 Å². The first-order valence-electron chi connectivity index (χ1n) is 6.36. The fourth-order valence-electron chi connectivity index (χ4n) is 2.82. The molecule has 3 heterocycles. The molecule has 3 rings (SSSR count). The van der Waals surface area contributed by atoms with E-state index in [-0.39, 0.29) is 5.91 Å². The minimum absolute atomic E-state index is 0.286. The summed E-state index contributed by atoms with van der Waals surface area (Å²) in [7, 11) is 0. The van der Waals surface area contributed by atoms with Crippen molar-refractivity contribution in [2.75, 3.05) is 26.3 Å². The molecule has 0 radical (unpaired) electrons. The number of rotatable bonds is 3. The van der Waals surface area contributed by atoms with Crippen molar-refractivity contribution >= 4 is 11.9 Å². The lowest BCUT2D eigenvalue weighted by Gasteiger charge is -2.29. The molecule has 3 aliphatic heterocycles. The van der Waals surface area contributed by atoms with E-state index in [9.17, 15) is 14.7 Å². The largest absolute Gasteiger partial charge is 0.481 e. The molecule has 0 aromatic rings. The fourth-order valence-corrected chi connectivity index (χ4v) is 2.82. The maximum atomic E-state index is 12.2. The van der Waals surface area contributed by atoms with E-state index in [2.05, 4.69) is 5.43 Å². The number of hydrogen-bond donors (Lipinski definition) is 2. The van der Waals surface area contributed by atoms with E-state index < -0.39 is 30.0 Å². The van der Waals surface area contributed by atoms with Gasteiger partial charge in [-0.1, -0.05) is 12.2 Å². The third kappa shape index (κ3) is 2.24. The quantitative estimate of drug-likeness (QED) is 0.639. The second-order valence-corrected chi connectivity index (χ2v) is 4.92. The minimum Gasteiger partial charge on any atom is -0.481 e. The van der Waals surface area contributed by atoms with Crippen LogP contribution in [0.25, 0.3) is 0 Å². The van der Waals surface area contributed by atoms with Crippen molar-refractivity contribution in [1.82, 2.24) is 10.4 Å². The molecule has 0 unspecified atom stereocenters. The summed E-state index contributed by atoms with van der Waals surface area (Å²) in [5.74, 6) is -2.73. The number of hydrogen-bond acceptors (Lipinski definition) is 5. The average molecular weight is 268 g/mol. The van der Waals surface area contributed by atoms with Gasteiger partial charge in [0.25, 0.3) is 0 Å². The molecule has 0 saturated carbocycles. The molecule has 2 saturated heterocycles. The number of carboxylic acids is 1. The van der Waals surface area contributed by atoms with Gasteiger partial charge in [-0.05, 0) is 0 Å². The zero-order valence-electron chi connectivity index (χ0n) is 10.3. The van der Waals surface area contributed by atoms with E-state index in [1.54, 1.807) is 17.2 Å². The van der Waals surface area contributed by atoms with E-state index in [0.29, 0.717) is 26.3 Å². The Balaban J connectivity index is 1.68. The van der Waals surface area contributed by atoms with Crippen LogP contribution in [0.2, 0.25) is 0 Å². The lowest BCUT2D eigenvalue weighted by Crippen LogP contribution is -2.53. The highest BCUT2D eigenvalue weighted by molar-refractivity contribution is 5.87. The Morgan fingerprint density at radius 2 is 1.79 bits per heavy atom. The Bertz CT molecular complexity index is 418. The molecule has 2 bridgehead atoms. The van der Waals surface area contributed by atoms with Crippen molar-refractivity contribution in [2.45, 2.75) is 12.2 Å². The van der Waals surface area contributed by atoms with Gasteiger partial charge in [-0.3, -0.25) is 15.0 Å². The van der Waals surface area contributed by atoms with Crippen molar-refractivity contribution in [3.63, 3.8) is 0 Å². The van der Waals surface area contributed by atoms with Crippen LogP contribution in [0.4, 0.5) is 0 Å². The number of aliphatic carboxylic acids is 1. The molecule has 3 aliphatic rings. The molecule has 7 nitrogen and oxygen atoms in total. The summed E-state index contributed by atoms with van der Waals surface area (Å²) >= 11 is 0. The number of amides is 1. The van der Waals surface area contributed by atoms with E-state index in [4.69, 9.17) is 9.47 Å². The van der Waals surface area contributed by atoms with E-state index in [1.165, 1.54) is 0 Å². The zero-order valence-corrected chi connectivity index (χ0v) is 10.3.